The summed E-state index contributed by atoms with van der Waals surface area (Å²) in [6, 6.07) is 10.9. The van der Waals surface area contributed by atoms with Gasteiger partial charge >= 0.3 is 0 Å². The predicted molar refractivity (Wildman–Crippen MR) is 92.1 cm³/mol. The summed E-state index contributed by atoms with van der Waals surface area (Å²) in [5, 5.41) is 0. The van der Waals surface area contributed by atoms with E-state index < -0.39 is 0 Å². The fraction of sp³-hybridized carbons (Fsp3) is 0.533. The maximum absolute atomic E-state index is 5.92. The summed E-state index contributed by atoms with van der Waals surface area (Å²) >= 11 is 0. The van der Waals surface area contributed by atoms with Gasteiger partial charge in [-0.05, 0) is 23.8 Å². The summed E-state index contributed by atoms with van der Waals surface area (Å²) in [6.45, 7) is 4.31. The van der Waals surface area contributed by atoms with Gasteiger partial charge in [0.15, 0.2) is 5.96 Å². The van der Waals surface area contributed by atoms with Gasteiger partial charge < -0.3 is 10.6 Å². The standard InChI is InChI=1S/C15H23N3.HI/c1-3-12-11-18(15(16)17-2)10-9-14(12)13-7-5-4-6-8-13;/h4-8,12,14H,3,9-11H2,1-2H3,(H2,16,17);1H. The van der Waals surface area contributed by atoms with E-state index in [0.717, 1.165) is 13.1 Å². The largest absolute Gasteiger partial charge is 0.370 e. The molecule has 0 saturated carbocycles. The number of hydrogen-bond acceptors (Lipinski definition) is 1. The van der Waals surface area contributed by atoms with Crippen LogP contribution in [-0.4, -0.2) is 31.0 Å². The summed E-state index contributed by atoms with van der Waals surface area (Å²) in [7, 11) is 1.76. The van der Waals surface area contributed by atoms with E-state index in [0.29, 0.717) is 17.8 Å². The first-order chi connectivity index (χ1) is 8.76. The summed E-state index contributed by atoms with van der Waals surface area (Å²) in [4.78, 5) is 6.31. The second-order valence-electron chi connectivity index (χ2n) is 5.00. The Labute approximate surface area is 133 Å². The highest BCUT2D eigenvalue weighted by Crippen LogP contribution is 2.34. The number of hydrogen-bond donors (Lipinski definition) is 1. The zero-order valence-corrected chi connectivity index (χ0v) is 14.1. The quantitative estimate of drug-likeness (QED) is 0.492. The lowest BCUT2D eigenvalue weighted by Gasteiger charge is -2.39. The highest BCUT2D eigenvalue weighted by molar-refractivity contribution is 14.0. The van der Waals surface area contributed by atoms with Gasteiger partial charge in [-0.3, -0.25) is 4.99 Å². The molecule has 0 bridgehead atoms. The van der Waals surface area contributed by atoms with Crippen LogP contribution in [0.3, 0.4) is 0 Å². The molecule has 1 heterocycles. The molecule has 0 amide bonds. The van der Waals surface area contributed by atoms with E-state index in [2.05, 4.69) is 47.1 Å². The van der Waals surface area contributed by atoms with Crippen molar-refractivity contribution in [3.63, 3.8) is 0 Å². The number of guanidine groups is 1. The van der Waals surface area contributed by atoms with Gasteiger partial charge in [-0.2, -0.15) is 0 Å². The third-order valence-electron chi connectivity index (χ3n) is 4.04. The molecule has 2 atom stereocenters. The minimum atomic E-state index is 0. The summed E-state index contributed by atoms with van der Waals surface area (Å²) in [5.74, 6) is 2.01. The van der Waals surface area contributed by atoms with Crippen LogP contribution in [0.2, 0.25) is 0 Å². The molecule has 1 saturated heterocycles. The number of halogens is 1. The average Bonchev–Trinajstić information content (AvgIpc) is 2.46. The van der Waals surface area contributed by atoms with Gasteiger partial charge in [0.2, 0.25) is 0 Å². The van der Waals surface area contributed by atoms with Crippen LogP contribution in [0.1, 0.15) is 31.2 Å². The molecular weight excluding hydrogens is 349 g/mol. The minimum Gasteiger partial charge on any atom is -0.370 e. The number of nitrogens with zero attached hydrogens (tertiary/aromatic N) is 2. The van der Waals surface area contributed by atoms with Gasteiger partial charge in [-0.1, -0.05) is 43.7 Å². The number of nitrogens with two attached hydrogens (primary N) is 1. The third-order valence-corrected chi connectivity index (χ3v) is 4.04. The van der Waals surface area contributed by atoms with Crippen molar-refractivity contribution in [3.05, 3.63) is 35.9 Å². The molecule has 2 unspecified atom stereocenters. The highest BCUT2D eigenvalue weighted by atomic mass is 127. The van der Waals surface area contributed by atoms with E-state index in [9.17, 15) is 0 Å². The van der Waals surface area contributed by atoms with E-state index in [1.807, 2.05) is 0 Å². The number of likely N-dealkylation sites (tertiary alicyclic amines) is 1. The maximum atomic E-state index is 5.92. The van der Waals surface area contributed by atoms with Crippen LogP contribution in [0, 0.1) is 5.92 Å². The Morgan fingerprint density at radius 3 is 2.63 bits per heavy atom. The molecule has 106 valence electrons. The van der Waals surface area contributed by atoms with Crippen molar-refractivity contribution in [2.24, 2.45) is 16.6 Å². The smallest absolute Gasteiger partial charge is 0.190 e. The topological polar surface area (TPSA) is 41.6 Å². The molecule has 0 radical (unpaired) electrons. The molecule has 1 fully saturated rings. The van der Waals surface area contributed by atoms with Crippen molar-refractivity contribution in [1.82, 2.24) is 4.90 Å². The number of rotatable bonds is 2. The SMILES string of the molecule is CCC1CN(C(N)=NC)CCC1c1ccccc1.I. The Morgan fingerprint density at radius 2 is 2.05 bits per heavy atom. The lowest BCUT2D eigenvalue weighted by molar-refractivity contribution is 0.219. The fourth-order valence-corrected chi connectivity index (χ4v) is 2.93. The fourth-order valence-electron chi connectivity index (χ4n) is 2.93. The van der Waals surface area contributed by atoms with Gasteiger partial charge in [0.05, 0.1) is 0 Å². The van der Waals surface area contributed by atoms with Crippen LogP contribution in [0.5, 0.6) is 0 Å². The third kappa shape index (κ3) is 3.84. The van der Waals surface area contributed by atoms with Crippen LogP contribution in [0.15, 0.2) is 35.3 Å². The van der Waals surface area contributed by atoms with E-state index in [4.69, 9.17) is 5.73 Å². The Balaban J connectivity index is 0.00000180. The monoisotopic (exact) mass is 373 g/mol. The minimum absolute atomic E-state index is 0. The Hall–Kier alpha value is -0.780. The van der Waals surface area contributed by atoms with Crippen molar-refractivity contribution in [1.29, 1.82) is 0 Å². The molecule has 2 N–H and O–H groups in total. The van der Waals surface area contributed by atoms with E-state index in [-0.39, 0.29) is 24.0 Å². The van der Waals surface area contributed by atoms with Crippen molar-refractivity contribution in [2.45, 2.75) is 25.7 Å². The van der Waals surface area contributed by atoms with Gasteiger partial charge in [0.25, 0.3) is 0 Å². The molecule has 1 aromatic rings. The molecule has 19 heavy (non-hydrogen) atoms. The highest BCUT2D eigenvalue weighted by Gasteiger charge is 2.29. The Bertz CT molecular complexity index is 405. The van der Waals surface area contributed by atoms with Crippen molar-refractivity contribution >= 4 is 29.9 Å². The number of piperidine rings is 1. The van der Waals surface area contributed by atoms with Crippen molar-refractivity contribution in [2.75, 3.05) is 20.1 Å². The lowest BCUT2D eigenvalue weighted by atomic mass is 9.79. The predicted octanol–water partition coefficient (Wildman–Crippen LogP) is 3.06. The van der Waals surface area contributed by atoms with E-state index in [1.54, 1.807) is 7.05 Å². The van der Waals surface area contributed by atoms with Gasteiger partial charge in [0.1, 0.15) is 0 Å². The summed E-state index contributed by atoms with van der Waals surface area (Å²) in [5.41, 5.74) is 7.39. The maximum Gasteiger partial charge on any atom is 0.190 e. The second kappa shape index (κ2) is 7.72. The lowest BCUT2D eigenvalue weighted by Crippen LogP contribution is -2.46. The van der Waals surface area contributed by atoms with Gasteiger partial charge in [-0.25, -0.2) is 0 Å². The Kier molecular flexibility index (Phi) is 6.62. The number of aliphatic imine (C=N–C) groups is 1. The van der Waals surface area contributed by atoms with Crippen molar-refractivity contribution in [3.8, 4) is 0 Å². The molecular formula is C15H24IN3. The zero-order chi connectivity index (χ0) is 13.0. The summed E-state index contributed by atoms with van der Waals surface area (Å²) in [6.07, 6.45) is 2.35. The van der Waals surface area contributed by atoms with Gasteiger partial charge in [0, 0.05) is 20.1 Å². The Morgan fingerprint density at radius 1 is 1.37 bits per heavy atom. The van der Waals surface area contributed by atoms with Crippen molar-refractivity contribution < 1.29 is 0 Å². The molecule has 3 nitrogen and oxygen atoms in total. The molecule has 1 aliphatic heterocycles. The first-order valence-electron chi connectivity index (χ1n) is 6.78. The van der Waals surface area contributed by atoms with Crippen LogP contribution in [0.4, 0.5) is 0 Å². The molecule has 0 spiro atoms. The second-order valence-corrected chi connectivity index (χ2v) is 5.00. The summed E-state index contributed by atoms with van der Waals surface area (Å²) < 4.78 is 0. The first kappa shape index (κ1) is 16.3. The molecule has 0 aromatic heterocycles. The van der Waals surface area contributed by atoms with Gasteiger partial charge in [-0.15, -0.1) is 24.0 Å². The van der Waals surface area contributed by atoms with E-state index in [1.165, 1.54) is 18.4 Å². The first-order valence-corrected chi connectivity index (χ1v) is 6.78. The van der Waals surface area contributed by atoms with Crippen LogP contribution in [-0.2, 0) is 0 Å². The van der Waals surface area contributed by atoms with Crippen LogP contribution in [0.25, 0.3) is 0 Å². The molecule has 1 aliphatic rings. The molecule has 4 heteroatoms. The van der Waals surface area contributed by atoms with Crippen LogP contribution < -0.4 is 5.73 Å². The zero-order valence-electron chi connectivity index (χ0n) is 11.7. The number of benzene rings is 1. The van der Waals surface area contributed by atoms with E-state index >= 15 is 0 Å². The molecule has 2 rings (SSSR count). The average molecular weight is 373 g/mol. The normalized spacial score (nSPS) is 23.9. The molecule has 1 aromatic carbocycles. The molecule has 0 aliphatic carbocycles. The van der Waals surface area contributed by atoms with Crippen LogP contribution >= 0.6 is 24.0 Å².